The normalized spacial score (nSPS) is 25.3. The summed E-state index contributed by atoms with van der Waals surface area (Å²) in [6.07, 6.45) is 2.55. The summed E-state index contributed by atoms with van der Waals surface area (Å²) in [5.74, 6) is -1.14. The fraction of sp³-hybridized carbons (Fsp3) is 0.571. The van der Waals surface area contributed by atoms with Crippen LogP contribution in [0.4, 0.5) is 8.78 Å². The van der Waals surface area contributed by atoms with Gasteiger partial charge in [-0.1, -0.05) is 6.07 Å². The molecule has 1 aliphatic carbocycles. The lowest BCUT2D eigenvalue weighted by molar-refractivity contribution is 0.177. The van der Waals surface area contributed by atoms with E-state index in [9.17, 15) is 13.9 Å². The van der Waals surface area contributed by atoms with Gasteiger partial charge >= 0.3 is 0 Å². The molecule has 100 valence electrons. The Hall–Kier alpha value is -1.00. The standard InChI is InChI=1S/C14H19F2NO/c1-9(11-3-5-13(15)14(16)7-11)17-8-10-2-4-12(18)6-10/h3,5,7,9-10,12,17-18H,2,4,6,8H2,1H3. The van der Waals surface area contributed by atoms with Gasteiger partial charge in [-0.05, 0) is 56.3 Å². The number of hydrogen-bond acceptors (Lipinski definition) is 2. The van der Waals surface area contributed by atoms with E-state index in [0.717, 1.165) is 37.4 Å². The van der Waals surface area contributed by atoms with Crippen LogP contribution in [0.1, 0.15) is 37.8 Å². The average Bonchev–Trinajstić information content (AvgIpc) is 2.75. The summed E-state index contributed by atoms with van der Waals surface area (Å²) in [5, 5.41) is 12.7. The zero-order chi connectivity index (χ0) is 13.1. The van der Waals surface area contributed by atoms with Crippen molar-refractivity contribution >= 4 is 0 Å². The molecule has 18 heavy (non-hydrogen) atoms. The first-order valence-corrected chi connectivity index (χ1v) is 6.42. The number of rotatable bonds is 4. The predicted octanol–water partition coefficient (Wildman–Crippen LogP) is 2.78. The third-order valence-corrected chi connectivity index (χ3v) is 3.67. The number of hydrogen-bond donors (Lipinski definition) is 2. The van der Waals surface area contributed by atoms with Crippen molar-refractivity contribution < 1.29 is 13.9 Å². The fourth-order valence-electron chi connectivity index (χ4n) is 2.48. The quantitative estimate of drug-likeness (QED) is 0.867. The molecule has 1 fully saturated rings. The molecule has 0 aliphatic heterocycles. The molecule has 2 nitrogen and oxygen atoms in total. The van der Waals surface area contributed by atoms with Crippen molar-refractivity contribution in [3.63, 3.8) is 0 Å². The number of aliphatic hydroxyl groups excluding tert-OH is 1. The van der Waals surface area contributed by atoms with Crippen LogP contribution in [0, 0.1) is 17.6 Å². The molecule has 0 aromatic heterocycles. The zero-order valence-corrected chi connectivity index (χ0v) is 10.5. The van der Waals surface area contributed by atoms with Crippen molar-refractivity contribution in [3.8, 4) is 0 Å². The average molecular weight is 255 g/mol. The molecule has 0 heterocycles. The molecule has 2 rings (SSSR count). The summed E-state index contributed by atoms with van der Waals surface area (Å²) in [4.78, 5) is 0. The minimum atomic E-state index is -0.815. The second-order valence-corrected chi connectivity index (χ2v) is 5.14. The molecule has 3 atom stereocenters. The van der Waals surface area contributed by atoms with E-state index in [0.29, 0.717) is 5.92 Å². The minimum Gasteiger partial charge on any atom is -0.393 e. The van der Waals surface area contributed by atoms with Crippen LogP contribution in [0.2, 0.25) is 0 Å². The second-order valence-electron chi connectivity index (χ2n) is 5.14. The molecule has 0 saturated heterocycles. The lowest BCUT2D eigenvalue weighted by atomic mass is 10.1. The topological polar surface area (TPSA) is 32.3 Å². The highest BCUT2D eigenvalue weighted by Gasteiger charge is 2.22. The molecule has 0 bridgehead atoms. The van der Waals surface area contributed by atoms with Crippen molar-refractivity contribution in [3.05, 3.63) is 35.4 Å². The van der Waals surface area contributed by atoms with Crippen LogP contribution in [0.3, 0.4) is 0 Å². The first-order valence-electron chi connectivity index (χ1n) is 6.42. The fourth-order valence-corrected chi connectivity index (χ4v) is 2.48. The maximum absolute atomic E-state index is 13.1. The summed E-state index contributed by atoms with van der Waals surface area (Å²) >= 11 is 0. The van der Waals surface area contributed by atoms with Gasteiger partial charge in [-0.2, -0.15) is 0 Å². The second kappa shape index (κ2) is 5.76. The summed E-state index contributed by atoms with van der Waals surface area (Å²) in [5.41, 5.74) is 0.743. The van der Waals surface area contributed by atoms with Gasteiger partial charge in [0.1, 0.15) is 0 Å². The molecule has 4 heteroatoms. The highest BCUT2D eigenvalue weighted by atomic mass is 19.2. The van der Waals surface area contributed by atoms with E-state index in [-0.39, 0.29) is 12.1 Å². The molecule has 2 N–H and O–H groups in total. The maximum atomic E-state index is 13.1. The Morgan fingerprint density at radius 1 is 1.33 bits per heavy atom. The number of benzene rings is 1. The first kappa shape index (κ1) is 13.4. The minimum absolute atomic E-state index is 0.0159. The SMILES string of the molecule is CC(NCC1CCC(O)C1)c1ccc(F)c(F)c1. The third kappa shape index (κ3) is 3.27. The van der Waals surface area contributed by atoms with Crippen LogP contribution in [0.25, 0.3) is 0 Å². The van der Waals surface area contributed by atoms with Gasteiger partial charge < -0.3 is 10.4 Å². The Balaban J connectivity index is 1.87. The zero-order valence-electron chi connectivity index (χ0n) is 10.5. The lowest BCUT2D eigenvalue weighted by Crippen LogP contribution is -2.25. The summed E-state index contributed by atoms with van der Waals surface area (Å²) < 4.78 is 25.9. The van der Waals surface area contributed by atoms with Crippen molar-refractivity contribution in [1.29, 1.82) is 0 Å². The van der Waals surface area contributed by atoms with Crippen LogP contribution in [0.5, 0.6) is 0 Å². The molecule has 1 aliphatic rings. The predicted molar refractivity (Wildman–Crippen MR) is 66.1 cm³/mol. The van der Waals surface area contributed by atoms with Crippen molar-refractivity contribution in [1.82, 2.24) is 5.32 Å². The highest BCUT2D eigenvalue weighted by molar-refractivity contribution is 5.20. The Kier molecular flexibility index (Phi) is 4.30. The Morgan fingerprint density at radius 2 is 2.11 bits per heavy atom. The van der Waals surface area contributed by atoms with E-state index in [1.165, 1.54) is 6.07 Å². The summed E-state index contributed by atoms with van der Waals surface area (Å²) in [7, 11) is 0. The molecule has 1 aromatic carbocycles. The molecule has 1 saturated carbocycles. The maximum Gasteiger partial charge on any atom is 0.159 e. The van der Waals surface area contributed by atoms with Gasteiger partial charge in [0.25, 0.3) is 0 Å². The highest BCUT2D eigenvalue weighted by Crippen LogP contribution is 2.25. The largest absolute Gasteiger partial charge is 0.393 e. The van der Waals surface area contributed by atoms with Gasteiger partial charge in [-0.25, -0.2) is 8.78 Å². The van der Waals surface area contributed by atoms with E-state index in [1.807, 2.05) is 6.92 Å². The smallest absolute Gasteiger partial charge is 0.159 e. The van der Waals surface area contributed by atoms with Gasteiger partial charge in [0, 0.05) is 6.04 Å². The van der Waals surface area contributed by atoms with Crippen LogP contribution in [-0.4, -0.2) is 17.8 Å². The van der Waals surface area contributed by atoms with E-state index < -0.39 is 11.6 Å². The third-order valence-electron chi connectivity index (χ3n) is 3.67. The summed E-state index contributed by atoms with van der Waals surface area (Å²) in [6.45, 7) is 2.73. The number of halogens is 2. The molecule has 0 amide bonds. The van der Waals surface area contributed by atoms with Crippen molar-refractivity contribution in [2.45, 2.75) is 38.3 Å². The van der Waals surface area contributed by atoms with E-state index in [1.54, 1.807) is 6.07 Å². The van der Waals surface area contributed by atoms with Crippen LogP contribution in [-0.2, 0) is 0 Å². The van der Waals surface area contributed by atoms with Gasteiger partial charge in [0.15, 0.2) is 11.6 Å². The molecular formula is C14H19F2NO. The number of aliphatic hydroxyl groups is 1. The van der Waals surface area contributed by atoms with Crippen LogP contribution < -0.4 is 5.32 Å². The first-order chi connectivity index (χ1) is 8.56. The Bertz CT molecular complexity index is 411. The van der Waals surface area contributed by atoms with Gasteiger partial charge in [0.2, 0.25) is 0 Å². The van der Waals surface area contributed by atoms with Crippen molar-refractivity contribution in [2.24, 2.45) is 5.92 Å². The molecule has 3 unspecified atom stereocenters. The molecule has 0 radical (unpaired) electrons. The summed E-state index contributed by atoms with van der Waals surface area (Å²) in [6, 6.07) is 3.97. The Labute approximate surface area is 106 Å². The van der Waals surface area contributed by atoms with E-state index in [2.05, 4.69) is 5.32 Å². The van der Waals surface area contributed by atoms with Crippen LogP contribution >= 0.6 is 0 Å². The molecular weight excluding hydrogens is 236 g/mol. The van der Waals surface area contributed by atoms with E-state index in [4.69, 9.17) is 0 Å². The van der Waals surface area contributed by atoms with Crippen molar-refractivity contribution in [2.75, 3.05) is 6.54 Å². The Morgan fingerprint density at radius 3 is 2.72 bits per heavy atom. The van der Waals surface area contributed by atoms with Gasteiger partial charge in [-0.3, -0.25) is 0 Å². The lowest BCUT2D eigenvalue weighted by Gasteiger charge is -2.17. The van der Waals surface area contributed by atoms with Crippen LogP contribution in [0.15, 0.2) is 18.2 Å². The van der Waals surface area contributed by atoms with E-state index >= 15 is 0 Å². The van der Waals surface area contributed by atoms with Gasteiger partial charge in [-0.15, -0.1) is 0 Å². The molecule has 0 spiro atoms. The number of nitrogens with one attached hydrogen (secondary N) is 1. The monoisotopic (exact) mass is 255 g/mol. The molecule has 1 aromatic rings. The van der Waals surface area contributed by atoms with Gasteiger partial charge in [0.05, 0.1) is 6.10 Å².